The quantitative estimate of drug-likeness (QED) is 0.515. The van der Waals surface area contributed by atoms with Crippen molar-refractivity contribution in [2.24, 2.45) is 0 Å². The number of hydrogen-bond acceptors (Lipinski definition) is 5. The number of hydrogen-bond donors (Lipinski definition) is 2. The van der Waals surface area contributed by atoms with Gasteiger partial charge in [0.2, 0.25) is 0 Å². The van der Waals surface area contributed by atoms with E-state index in [0.29, 0.717) is 34.0 Å². The largest absolute Gasteiger partial charge is 0.507 e. The summed E-state index contributed by atoms with van der Waals surface area (Å²) in [5.74, 6) is 0.266. The molecule has 9 heteroatoms. The summed E-state index contributed by atoms with van der Waals surface area (Å²) in [6.07, 6.45) is -1.44. The Kier molecular flexibility index (Phi) is 4.44. The lowest BCUT2D eigenvalue weighted by atomic mass is 9.98. The molecule has 1 aliphatic rings. The number of aromatic nitrogens is 4. The third kappa shape index (κ3) is 3.50. The van der Waals surface area contributed by atoms with Crippen molar-refractivity contribution in [1.82, 2.24) is 24.9 Å². The number of nitrogens with one attached hydrogen (secondary N) is 1. The lowest BCUT2D eigenvalue weighted by Crippen LogP contribution is -2.40. The molecule has 4 heterocycles. The minimum atomic E-state index is -4.55. The van der Waals surface area contributed by atoms with Gasteiger partial charge in [-0.3, -0.25) is 0 Å². The first-order valence-corrected chi connectivity index (χ1v) is 9.74. The molecule has 2 N–H and O–H groups in total. The maximum absolute atomic E-state index is 13.6. The van der Waals surface area contributed by atoms with Crippen molar-refractivity contribution in [2.75, 3.05) is 13.1 Å². The zero-order valence-corrected chi connectivity index (χ0v) is 16.5. The summed E-state index contributed by atoms with van der Waals surface area (Å²) < 4.78 is 42.1. The van der Waals surface area contributed by atoms with Crippen LogP contribution < -0.4 is 5.32 Å². The molecule has 0 radical (unpaired) electrons. The van der Waals surface area contributed by atoms with Crippen molar-refractivity contribution in [2.45, 2.75) is 19.0 Å². The van der Waals surface area contributed by atoms with E-state index in [4.69, 9.17) is 0 Å². The fraction of sp³-hybridized carbons (Fsp3) is 0.227. The minimum Gasteiger partial charge on any atom is -0.507 e. The Hall–Kier alpha value is -3.46. The molecule has 0 aliphatic carbocycles. The van der Waals surface area contributed by atoms with Crippen molar-refractivity contribution in [3.63, 3.8) is 0 Å². The molecule has 0 amide bonds. The standard InChI is InChI=1S/C22H18F3N5O/c1-12-10-30-11-14(6-17(21(30)27-12)22(23,24)25)13-2-3-16(20(31)7-13)19-5-4-18(28-29-19)15-8-26-9-15/h2-7,10-11,15,26,31H,8-9H2,1H3. The SMILES string of the molecule is Cc1cn2cc(-c3ccc(-c4ccc(C5CNC5)nn4)c(O)c3)cc(C(F)(F)F)c2n1. The number of phenolic OH excluding ortho intramolecular Hbond substituents is 1. The average molecular weight is 425 g/mol. The summed E-state index contributed by atoms with van der Waals surface area (Å²) in [5, 5.41) is 22.2. The number of aromatic hydroxyl groups is 1. The lowest BCUT2D eigenvalue weighted by molar-refractivity contribution is -0.136. The van der Waals surface area contributed by atoms with Crippen molar-refractivity contribution in [3.05, 3.63) is 65.7 Å². The second-order valence-corrected chi connectivity index (χ2v) is 7.68. The number of benzene rings is 1. The maximum atomic E-state index is 13.6. The average Bonchev–Trinajstić information content (AvgIpc) is 3.05. The summed E-state index contributed by atoms with van der Waals surface area (Å²) in [7, 11) is 0. The van der Waals surface area contributed by atoms with Gasteiger partial charge in [0, 0.05) is 37.0 Å². The van der Waals surface area contributed by atoms with Gasteiger partial charge in [-0.2, -0.15) is 23.4 Å². The Morgan fingerprint density at radius 1 is 1.03 bits per heavy atom. The molecule has 158 valence electrons. The molecule has 0 saturated carbocycles. The molecule has 1 saturated heterocycles. The summed E-state index contributed by atoms with van der Waals surface area (Å²) in [6, 6.07) is 9.45. The van der Waals surface area contributed by atoms with Gasteiger partial charge in [0.25, 0.3) is 0 Å². The second-order valence-electron chi connectivity index (χ2n) is 7.68. The molecule has 3 aromatic heterocycles. The highest BCUT2D eigenvalue weighted by Gasteiger charge is 2.34. The van der Waals surface area contributed by atoms with Crippen LogP contribution in [-0.2, 0) is 6.18 Å². The van der Waals surface area contributed by atoms with Crippen LogP contribution in [0.5, 0.6) is 5.75 Å². The molecule has 0 bridgehead atoms. The van der Waals surface area contributed by atoms with Crippen molar-refractivity contribution in [1.29, 1.82) is 0 Å². The van der Waals surface area contributed by atoms with E-state index in [1.54, 1.807) is 31.3 Å². The molecular weight excluding hydrogens is 407 g/mol. The predicted molar refractivity (Wildman–Crippen MR) is 109 cm³/mol. The highest BCUT2D eigenvalue weighted by molar-refractivity contribution is 5.75. The molecule has 6 nitrogen and oxygen atoms in total. The van der Waals surface area contributed by atoms with E-state index in [1.165, 1.54) is 16.7 Å². The van der Waals surface area contributed by atoms with Crippen LogP contribution in [0.1, 0.15) is 22.9 Å². The van der Waals surface area contributed by atoms with Gasteiger partial charge in [-0.15, -0.1) is 0 Å². The van der Waals surface area contributed by atoms with Crippen molar-refractivity contribution >= 4 is 5.65 Å². The smallest absolute Gasteiger partial charge is 0.420 e. The van der Waals surface area contributed by atoms with Crippen LogP contribution in [0.2, 0.25) is 0 Å². The van der Waals surface area contributed by atoms with Gasteiger partial charge in [0.15, 0.2) is 0 Å². The van der Waals surface area contributed by atoms with Crippen molar-refractivity contribution in [3.8, 4) is 28.1 Å². The summed E-state index contributed by atoms with van der Waals surface area (Å²) >= 11 is 0. The molecule has 1 aromatic carbocycles. The van der Waals surface area contributed by atoms with Gasteiger partial charge in [-0.25, -0.2) is 4.98 Å². The molecule has 4 aromatic rings. The summed E-state index contributed by atoms with van der Waals surface area (Å²) in [5.41, 5.74) is 2.13. The summed E-state index contributed by atoms with van der Waals surface area (Å²) in [4.78, 5) is 3.99. The Morgan fingerprint density at radius 2 is 1.84 bits per heavy atom. The number of imidazole rings is 1. The first-order valence-electron chi connectivity index (χ1n) is 9.74. The maximum Gasteiger partial charge on any atom is 0.420 e. The molecule has 1 fully saturated rings. The molecule has 5 rings (SSSR count). The van der Waals surface area contributed by atoms with Crippen LogP contribution in [0.15, 0.2) is 48.8 Å². The number of pyridine rings is 1. The number of nitrogens with zero attached hydrogens (tertiary/aromatic N) is 4. The molecule has 31 heavy (non-hydrogen) atoms. The fourth-order valence-corrected chi connectivity index (χ4v) is 3.72. The number of rotatable bonds is 3. The van der Waals surface area contributed by atoms with Crippen LogP contribution in [0.4, 0.5) is 13.2 Å². The fourth-order valence-electron chi connectivity index (χ4n) is 3.72. The van der Waals surface area contributed by atoms with E-state index in [2.05, 4.69) is 20.5 Å². The molecule has 1 aliphatic heterocycles. The second kappa shape index (κ2) is 7.05. The van der Waals surface area contributed by atoms with E-state index in [1.807, 2.05) is 6.07 Å². The van der Waals surface area contributed by atoms with E-state index in [-0.39, 0.29) is 11.4 Å². The predicted octanol–water partition coefficient (Wildman–Crippen LogP) is 4.18. The van der Waals surface area contributed by atoms with Gasteiger partial charge >= 0.3 is 6.18 Å². The first-order chi connectivity index (χ1) is 14.8. The number of alkyl halides is 3. The van der Waals surface area contributed by atoms with E-state index in [0.717, 1.165) is 24.8 Å². The van der Waals surface area contributed by atoms with E-state index >= 15 is 0 Å². The Balaban J connectivity index is 1.53. The minimum absolute atomic E-state index is 0.0830. The summed E-state index contributed by atoms with van der Waals surface area (Å²) in [6.45, 7) is 3.38. The molecule has 0 unspecified atom stereocenters. The monoisotopic (exact) mass is 425 g/mol. The zero-order valence-electron chi connectivity index (χ0n) is 16.5. The van der Waals surface area contributed by atoms with Crippen LogP contribution in [0.3, 0.4) is 0 Å². The topological polar surface area (TPSA) is 75.3 Å². The van der Waals surface area contributed by atoms with Gasteiger partial charge in [-0.05, 0) is 48.4 Å². The molecule has 0 spiro atoms. The van der Waals surface area contributed by atoms with Crippen molar-refractivity contribution < 1.29 is 18.3 Å². The van der Waals surface area contributed by atoms with Gasteiger partial charge in [0.05, 0.1) is 22.6 Å². The third-order valence-corrected chi connectivity index (χ3v) is 5.47. The number of phenols is 1. The Morgan fingerprint density at radius 3 is 2.45 bits per heavy atom. The Bertz CT molecular complexity index is 1280. The molecular formula is C22H18F3N5O. The highest BCUT2D eigenvalue weighted by Crippen LogP contribution is 2.37. The zero-order chi connectivity index (χ0) is 21.8. The Labute approximate surface area is 175 Å². The number of aryl methyl sites for hydroxylation is 1. The molecule has 0 atom stereocenters. The lowest BCUT2D eigenvalue weighted by Gasteiger charge is -2.25. The van der Waals surface area contributed by atoms with Gasteiger partial charge in [0.1, 0.15) is 11.4 Å². The first kappa shape index (κ1) is 19.5. The number of halogens is 3. The van der Waals surface area contributed by atoms with Gasteiger partial charge < -0.3 is 14.8 Å². The van der Waals surface area contributed by atoms with Crippen LogP contribution in [-0.4, -0.2) is 37.8 Å². The van der Waals surface area contributed by atoms with E-state index in [9.17, 15) is 18.3 Å². The highest BCUT2D eigenvalue weighted by atomic mass is 19.4. The number of fused-ring (bicyclic) bond motifs is 1. The van der Waals surface area contributed by atoms with Crippen LogP contribution >= 0.6 is 0 Å². The third-order valence-electron chi connectivity index (χ3n) is 5.47. The van der Waals surface area contributed by atoms with E-state index < -0.39 is 11.7 Å². The van der Waals surface area contributed by atoms with Crippen LogP contribution in [0, 0.1) is 6.92 Å². The van der Waals surface area contributed by atoms with Crippen LogP contribution in [0.25, 0.3) is 28.0 Å². The van der Waals surface area contributed by atoms with Gasteiger partial charge in [-0.1, -0.05) is 6.07 Å². The normalized spacial score (nSPS) is 14.7.